The molecule has 134 valence electrons. The molecule has 26 heavy (non-hydrogen) atoms. The smallest absolute Gasteiger partial charge is 0.249 e. The van der Waals surface area contributed by atoms with Gasteiger partial charge >= 0.3 is 0 Å². The SMILES string of the molecule is O=C(c1cccs1)[C@H]1CC(C(=O)N2CCOCC2)=C[C@@H]1c1ccccc1. The first-order chi connectivity index (χ1) is 12.7. The zero-order valence-electron chi connectivity index (χ0n) is 14.5. The molecule has 0 unspecified atom stereocenters. The van der Waals surface area contributed by atoms with E-state index >= 15 is 0 Å². The van der Waals surface area contributed by atoms with Crippen LogP contribution in [0.15, 0.2) is 59.5 Å². The minimum Gasteiger partial charge on any atom is -0.378 e. The summed E-state index contributed by atoms with van der Waals surface area (Å²) in [7, 11) is 0. The highest BCUT2D eigenvalue weighted by atomic mass is 32.1. The van der Waals surface area contributed by atoms with Gasteiger partial charge in [-0.05, 0) is 23.4 Å². The third-order valence-corrected chi connectivity index (χ3v) is 6.00. The minimum absolute atomic E-state index is 0.0502. The van der Waals surface area contributed by atoms with E-state index in [1.165, 1.54) is 11.3 Å². The van der Waals surface area contributed by atoms with Gasteiger partial charge in [-0.1, -0.05) is 42.5 Å². The van der Waals surface area contributed by atoms with Crippen LogP contribution in [0.1, 0.15) is 27.6 Å². The van der Waals surface area contributed by atoms with Gasteiger partial charge in [0.25, 0.3) is 0 Å². The Morgan fingerprint density at radius 1 is 1.04 bits per heavy atom. The molecule has 0 spiro atoms. The van der Waals surface area contributed by atoms with Crippen LogP contribution in [-0.4, -0.2) is 42.9 Å². The maximum absolute atomic E-state index is 13.1. The number of carbonyl (C=O) groups is 2. The quantitative estimate of drug-likeness (QED) is 0.777. The molecule has 0 radical (unpaired) electrons. The molecule has 2 heterocycles. The van der Waals surface area contributed by atoms with Gasteiger partial charge in [-0.2, -0.15) is 0 Å². The van der Waals surface area contributed by atoms with Crippen LogP contribution in [0.25, 0.3) is 0 Å². The first-order valence-corrected chi connectivity index (χ1v) is 9.82. The largest absolute Gasteiger partial charge is 0.378 e. The summed E-state index contributed by atoms with van der Waals surface area (Å²) in [6, 6.07) is 13.8. The van der Waals surface area contributed by atoms with Crippen molar-refractivity contribution in [2.45, 2.75) is 12.3 Å². The average Bonchev–Trinajstić information content (AvgIpc) is 3.38. The summed E-state index contributed by atoms with van der Waals surface area (Å²) < 4.78 is 5.35. The van der Waals surface area contributed by atoms with E-state index in [-0.39, 0.29) is 23.5 Å². The topological polar surface area (TPSA) is 46.6 Å². The average molecular weight is 367 g/mol. The molecule has 1 saturated heterocycles. The van der Waals surface area contributed by atoms with Crippen LogP contribution >= 0.6 is 11.3 Å². The van der Waals surface area contributed by atoms with Crippen LogP contribution in [0.5, 0.6) is 0 Å². The summed E-state index contributed by atoms with van der Waals surface area (Å²) in [5.74, 6) is -0.0765. The highest BCUT2D eigenvalue weighted by Crippen LogP contribution is 2.41. The van der Waals surface area contributed by atoms with Gasteiger partial charge in [0.05, 0.1) is 18.1 Å². The molecular formula is C21H21NO3S. The third-order valence-electron chi connectivity index (χ3n) is 5.11. The Morgan fingerprint density at radius 2 is 1.81 bits per heavy atom. The van der Waals surface area contributed by atoms with Crippen LogP contribution in [0.3, 0.4) is 0 Å². The molecule has 2 atom stereocenters. The molecule has 2 aromatic rings. The molecule has 5 heteroatoms. The predicted octanol–water partition coefficient (Wildman–Crippen LogP) is 3.52. The van der Waals surface area contributed by atoms with Crippen molar-refractivity contribution in [1.82, 2.24) is 4.90 Å². The Balaban J connectivity index is 1.62. The summed E-state index contributed by atoms with van der Waals surface area (Å²) in [6.45, 7) is 2.41. The molecular weight excluding hydrogens is 346 g/mol. The van der Waals surface area contributed by atoms with Gasteiger partial charge in [-0.15, -0.1) is 11.3 Å². The Labute approximate surface area is 157 Å². The zero-order valence-corrected chi connectivity index (χ0v) is 15.3. The molecule has 4 rings (SSSR count). The lowest BCUT2D eigenvalue weighted by atomic mass is 9.85. The molecule has 1 fully saturated rings. The fourth-order valence-corrected chi connectivity index (χ4v) is 4.48. The maximum atomic E-state index is 13.1. The normalized spacial score (nSPS) is 22.9. The number of nitrogens with zero attached hydrogens (tertiary/aromatic N) is 1. The number of hydrogen-bond donors (Lipinski definition) is 0. The molecule has 1 amide bonds. The van der Waals surface area contributed by atoms with Crippen LogP contribution < -0.4 is 0 Å². The van der Waals surface area contributed by atoms with Crippen LogP contribution in [-0.2, 0) is 9.53 Å². The van der Waals surface area contributed by atoms with Gasteiger partial charge < -0.3 is 9.64 Å². The molecule has 1 aromatic heterocycles. The number of benzene rings is 1. The van der Waals surface area contributed by atoms with Gasteiger partial charge in [0.1, 0.15) is 0 Å². The lowest BCUT2D eigenvalue weighted by Gasteiger charge is -2.27. The number of Topliss-reactive ketones (excluding diaryl/α,β-unsaturated/α-hetero) is 1. The van der Waals surface area contributed by atoms with Gasteiger partial charge in [0, 0.05) is 30.5 Å². The van der Waals surface area contributed by atoms with E-state index in [4.69, 9.17) is 4.74 Å². The minimum atomic E-state index is -0.212. The van der Waals surface area contributed by atoms with Crippen LogP contribution in [0.2, 0.25) is 0 Å². The summed E-state index contributed by atoms with van der Waals surface area (Å²) >= 11 is 1.47. The van der Waals surface area contributed by atoms with E-state index in [2.05, 4.69) is 0 Å². The van der Waals surface area contributed by atoms with Crippen molar-refractivity contribution in [3.05, 3.63) is 69.9 Å². The highest BCUT2D eigenvalue weighted by molar-refractivity contribution is 7.12. The molecule has 1 aliphatic carbocycles. The number of ether oxygens (including phenoxy) is 1. The fraction of sp³-hybridized carbons (Fsp3) is 0.333. The number of morpholine rings is 1. The van der Waals surface area contributed by atoms with E-state index in [0.717, 1.165) is 16.0 Å². The number of allylic oxidation sites excluding steroid dienone is 1. The Bertz CT molecular complexity index is 807. The van der Waals surface area contributed by atoms with Gasteiger partial charge in [-0.25, -0.2) is 0 Å². The molecule has 1 aliphatic heterocycles. The number of thiophene rings is 1. The van der Waals surface area contributed by atoms with Crippen molar-refractivity contribution in [3.8, 4) is 0 Å². The summed E-state index contributed by atoms with van der Waals surface area (Å²) in [5, 5.41) is 1.92. The van der Waals surface area contributed by atoms with Crippen molar-refractivity contribution in [3.63, 3.8) is 0 Å². The van der Waals surface area contributed by atoms with Crippen LogP contribution in [0, 0.1) is 5.92 Å². The standard InChI is InChI=1S/C21H21NO3S/c23-20(19-7-4-12-26-19)18-14-16(21(24)22-8-10-25-11-9-22)13-17(18)15-5-2-1-3-6-15/h1-7,12-13,17-18H,8-11,14H2/t17-,18+/m1/s1. The van der Waals surface area contributed by atoms with E-state index in [9.17, 15) is 9.59 Å². The molecule has 1 aromatic carbocycles. The van der Waals surface area contributed by atoms with E-state index < -0.39 is 0 Å². The fourth-order valence-electron chi connectivity index (χ4n) is 3.75. The first kappa shape index (κ1) is 17.2. The Hall–Kier alpha value is -2.24. The van der Waals surface area contributed by atoms with Gasteiger partial charge in [0.2, 0.25) is 5.91 Å². The van der Waals surface area contributed by atoms with Crippen molar-refractivity contribution >= 4 is 23.0 Å². The summed E-state index contributed by atoms with van der Waals surface area (Å²) in [4.78, 5) is 28.6. The number of ketones is 1. The Morgan fingerprint density at radius 3 is 2.50 bits per heavy atom. The lowest BCUT2D eigenvalue weighted by molar-refractivity contribution is -0.131. The van der Waals surface area contributed by atoms with Crippen LogP contribution in [0.4, 0.5) is 0 Å². The first-order valence-electron chi connectivity index (χ1n) is 8.94. The van der Waals surface area contributed by atoms with E-state index in [0.29, 0.717) is 32.7 Å². The van der Waals surface area contributed by atoms with Gasteiger partial charge in [-0.3, -0.25) is 9.59 Å². The highest BCUT2D eigenvalue weighted by Gasteiger charge is 2.38. The van der Waals surface area contributed by atoms with Crippen molar-refractivity contribution in [2.75, 3.05) is 26.3 Å². The lowest BCUT2D eigenvalue weighted by Crippen LogP contribution is -2.41. The molecule has 0 bridgehead atoms. The number of hydrogen-bond acceptors (Lipinski definition) is 4. The monoisotopic (exact) mass is 367 g/mol. The number of amides is 1. The van der Waals surface area contributed by atoms with Crippen molar-refractivity contribution in [1.29, 1.82) is 0 Å². The second-order valence-corrected chi connectivity index (χ2v) is 7.63. The summed E-state index contributed by atoms with van der Waals surface area (Å²) in [5.41, 5.74) is 1.85. The summed E-state index contributed by atoms with van der Waals surface area (Å²) in [6.07, 6.45) is 2.52. The number of rotatable bonds is 4. The molecule has 0 saturated carbocycles. The Kier molecular flexibility index (Phi) is 5.00. The second kappa shape index (κ2) is 7.56. The predicted molar refractivity (Wildman–Crippen MR) is 101 cm³/mol. The molecule has 4 nitrogen and oxygen atoms in total. The third kappa shape index (κ3) is 3.37. The van der Waals surface area contributed by atoms with Crippen molar-refractivity contribution < 1.29 is 14.3 Å². The molecule has 0 N–H and O–H groups in total. The van der Waals surface area contributed by atoms with Gasteiger partial charge in [0.15, 0.2) is 5.78 Å². The second-order valence-electron chi connectivity index (χ2n) is 6.69. The van der Waals surface area contributed by atoms with E-state index in [1.807, 2.05) is 58.8 Å². The maximum Gasteiger partial charge on any atom is 0.249 e. The number of carbonyl (C=O) groups excluding carboxylic acids is 2. The zero-order chi connectivity index (χ0) is 17.9. The van der Waals surface area contributed by atoms with Crippen molar-refractivity contribution in [2.24, 2.45) is 5.92 Å². The van der Waals surface area contributed by atoms with E-state index in [1.54, 1.807) is 0 Å². The molecule has 2 aliphatic rings.